The van der Waals surface area contributed by atoms with Crippen LogP contribution in [0.3, 0.4) is 0 Å². The van der Waals surface area contributed by atoms with Crippen LogP contribution in [-0.2, 0) is 5.41 Å². The molecule has 0 aliphatic heterocycles. The smallest absolute Gasteiger partial charge is 0.325 e. The number of aromatic nitrogens is 2. The standard InChI is InChI=1S/C20H21N5O3S/c1-20(2,3)12-7-4-5-9-15(12)28-17-13(8-6-10-22-17)23-18(27)25-19-24-14(11-29-19)16(21)26/h4-11H,1-3H3,(H2,21,26)(H2,23,24,25,27). The monoisotopic (exact) mass is 411 g/mol. The number of carbonyl (C=O) groups excluding carboxylic acids is 2. The molecule has 8 nitrogen and oxygen atoms in total. The van der Waals surface area contributed by atoms with E-state index in [1.807, 2.05) is 24.3 Å². The van der Waals surface area contributed by atoms with E-state index in [4.69, 9.17) is 10.5 Å². The molecule has 0 fully saturated rings. The number of nitrogens with one attached hydrogen (secondary N) is 2. The molecular formula is C20H21N5O3S. The number of urea groups is 1. The van der Waals surface area contributed by atoms with E-state index in [2.05, 4.69) is 41.4 Å². The molecule has 2 heterocycles. The number of thiazole rings is 1. The highest BCUT2D eigenvalue weighted by molar-refractivity contribution is 7.14. The molecule has 0 saturated carbocycles. The maximum Gasteiger partial charge on any atom is 0.325 e. The van der Waals surface area contributed by atoms with E-state index in [9.17, 15) is 9.59 Å². The van der Waals surface area contributed by atoms with Crippen LogP contribution in [0.25, 0.3) is 0 Å². The van der Waals surface area contributed by atoms with E-state index in [1.54, 1.807) is 18.3 Å². The van der Waals surface area contributed by atoms with Crippen molar-refractivity contribution < 1.29 is 14.3 Å². The number of anilines is 2. The maximum absolute atomic E-state index is 12.3. The number of primary amides is 1. The van der Waals surface area contributed by atoms with Crippen LogP contribution in [0, 0.1) is 0 Å². The minimum absolute atomic E-state index is 0.0921. The summed E-state index contributed by atoms with van der Waals surface area (Å²) in [5, 5.41) is 6.97. The van der Waals surface area contributed by atoms with E-state index >= 15 is 0 Å². The molecule has 0 aliphatic rings. The summed E-state index contributed by atoms with van der Waals surface area (Å²) < 4.78 is 6.03. The highest BCUT2D eigenvalue weighted by Crippen LogP contribution is 2.35. The average Bonchev–Trinajstić information content (AvgIpc) is 3.11. The molecule has 0 radical (unpaired) electrons. The molecule has 0 unspecified atom stereocenters. The number of ether oxygens (including phenoxy) is 1. The Bertz CT molecular complexity index is 1040. The topological polar surface area (TPSA) is 119 Å². The summed E-state index contributed by atoms with van der Waals surface area (Å²) >= 11 is 1.10. The van der Waals surface area contributed by atoms with Crippen molar-refractivity contribution in [2.75, 3.05) is 10.6 Å². The van der Waals surface area contributed by atoms with Gasteiger partial charge in [-0.3, -0.25) is 10.1 Å². The number of amides is 3. The fourth-order valence-electron chi connectivity index (χ4n) is 2.54. The van der Waals surface area contributed by atoms with Gasteiger partial charge in [0.05, 0.1) is 0 Å². The van der Waals surface area contributed by atoms with Crippen LogP contribution < -0.4 is 21.1 Å². The molecule has 4 N–H and O–H groups in total. The highest BCUT2D eigenvalue weighted by Gasteiger charge is 2.20. The minimum Gasteiger partial charge on any atom is -0.437 e. The summed E-state index contributed by atoms with van der Waals surface area (Å²) in [6, 6.07) is 10.5. The molecule has 3 aromatic rings. The van der Waals surface area contributed by atoms with E-state index in [0.717, 1.165) is 16.9 Å². The van der Waals surface area contributed by atoms with Crippen molar-refractivity contribution in [1.29, 1.82) is 0 Å². The second-order valence-corrected chi connectivity index (χ2v) is 8.04. The number of hydrogen-bond acceptors (Lipinski definition) is 6. The van der Waals surface area contributed by atoms with Gasteiger partial charge in [0.25, 0.3) is 5.91 Å². The van der Waals surface area contributed by atoms with Crippen LogP contribution in [-0.4, -0.2) is 21.9 Å². The number of nitrogens with two attached hydrogens (primary N) is 1. The summed E-state index contributed by atoms with van der Waals surface area (Å²) in [5.41, 5.74) is 6.54. The van der Waals surface area contributed by atoms with Gasteiger partial charge in [0.1, 0.15) is 17.1 Å². The molecule has 0 bridgehead atoms. The number of hydrogen-bond donors (Lipinski definition) is 3. The lowest BCUT2D eigenvalue weighted by molar-refractivity contribution is 0.0996. The van der Waals surface area contributed by atoms with Gasteiger partial charge < -0.3 is 15.8 Å². The fourth-order valence-corrected chi connectivity index (χ4v) is 3.24. The summed E-state index contributed by atoms with van der Waals surface area (Å²) in [5.74, 6) is 0.264. The lowest BCUT2D eigenvalue weighted by Gasteiger charge is -2.22. The number of benzene rings is 1. The zero-order chi connectivity index (χ0) is 21.0. The Morgan fingerprint density at radius 3 is 2.55 bits per heavy atom. The predicted octanol–water partition coefficient (Wildman–Crippen LogP) is 4.37. The van der Waals surface area contributed by atoms with E-state index < -0.39 is 11.9 Å². The van der Waals surface area contributed by atoms with Gasteiger partial charge in [-0.2, -0.15) is 0 Å². The zero-order valence-electron chi connectivity index (χ0n) is 16.2. The largest absolute Gasteiger partial charge is 0.437 e. The van der Waals surface area contributed by atoms with Gasteiger partial charge in [0.15, 0.2) is 5.13 Å². The van der Waals surface area contributed by atoms with E-state index in [-0.39, 0.29) is 22.1 Å². The van der Waals surface area contributed by atoms with Crippen molar-refractivity contribution in [1.82, 2.24) is 9.97 Å². The lowest BCUT2D eigenvalue weighted by atomic mass is 9.86. The van der Waals surface area contributed by atoms with Crippen LogP contribution in [0.1, 0.15) is 36.8 Å². The normalized spacial score (nSPS) is 11.0. The molecule has 3 amide bonds. The first-order valence-corrected chi connectivity index (χ1v) is 9.68. The number of nitrogens with zero attached hydrogens (tertiary/aromatic N) is 2. The first-order chi connectivity index (χ1) is 13.7. The molecular weight excluding hydrogens is 390 g/mol. The molecule has 0 saturated heterocycles. The summed E-state index contributed by atoms with van der Waals surface area (Å²) in [6.07, 6.45) is 1.58. The number of carbonyl (C=O) groups is 2. The van der Waals surface area contributed by atoms with E-state index in [1.165, 1.54) is 5.38 Å². The van der Waals surface area contributed by atoms with Crippen molar-refractivity contribution in [3.05, 3.63) is 59.2 Å². The zero-order valence-corrected chi connectivity index (χ0v) is 17.0. The Labute approximate surface area is 172 Å². The Kier molecular flexibility index (Phi) is 5.79. The number of para-hydroxylation sites is 1. The molecule has 0 atom stereocenters. The number of pyridine rings is 1. The van der Waals surface area contributed by atoms with Crippen molar-refractivity contribution in [2.24, 2.45) is 5.73 Å². The first-order valence-electron chi connectivity index (χ1n) is 8.80. The summed E-state index contributed by atoms with van der Waals surface area (Å²) in [6.45, 7) is 6.28. The Balaban J connectivity index is 1.77. The number of rotatable bonds is 5. The lowest BCUT2D eigenvalue weighted by Crippen LogP contribution is -2.20. The van der Waals surface area contributed by atoms with Crippen molar-refractivity contribution in [3.8, 4) is 11.6 Å². The molecule has 9 heteroatoms. The van der Waals surface area contributed by atoms with Gasteiger partial charge in [-0.15, -0.1) is 11.3 Å². The van der Waals surface area contributed by atoms with Gasteiger partial charge in [0.2, 0.25) is 5.88 Å². The van der Waals surface area contributed by atoms with Crippen LogP contribution in [0.2, 0.25) is 0 Å². The van der Waals surface area contributed by atoms with Crippen LogP contribution in [0.4, 0.5) is 15.6 Å². The SMILES string of the molecule is CC(C)(C)c1ccccc1Oc1ncccc1NC(=O)Nc1nc(C(N)=O)cs1. The predicted molar refractivity (Wildman–Crippen MR) is 113 cm³/mol. The fraction of sp³-hybridized carbons (Fsp3) is 0.200. The molecule has 3 rings (SSSR count). The molecule has 29 heavy (non-hydrogen) atoms. The molecule has 150 valence electrons. The first kappa shape index (κ1) is 20.3. The van der Waals surface area contributed by atoms with Gasteiger partial charge in [-0.25, -0.2) is 14.8 Å². The molecule has 0 spiro atoms. The molecule has 2 aromatic heterocycles. The van der Waals surface area contributed by atoms with E-state index in [0.29, 0.717) is 11.4 Å². The maximum atomic E-state index is 12.3. The third-order valence-electron chi connectivity index (χ3n) is 3.90. The van der Waals surface area contributed by atoms with Crippen molar-refractivity contribution >= 4 is 34.1 Å². The van der Waals surface area contributed by atoms with Gasteiger partial charge in [-0.05, 0) is 23.6 Å². The van der Waals surface area contributed by atoms with Crippen LogP contribution >= 0.6 is 11.3 Å². The Hall–Kier alpha value is -3.46. The van der Waals surface area contributed by atoms with Crippen molar-refractivity contribution in [3.63, 3.8) is 0 Å². The third kappa shape index (κ3) is 5.08. The molecule has 1 aromatic carbocycles. The second kappa shape index (κ2) is 8.27. The second-order valence-electron chi connectivity index (χ2n) is 7.19. The van der Waals surface area contributed by atoms with Crippen molar-refractivity contribution in [2.45, 2.75) is 26.2 Å². The summed E-state index contributed by atoms with van der Waals surface area (Å²) in [7, 11) is 0. The third-order valence-corrected chi connectivity index (χ3v) is 4.66. The minimum atomic E-state index is -0.657. The summed E-state index contributed by atoms with van der Waals surface area (Å²) in [4.78, 5) is 31.6. The van der Waals surface area contributed by atoms with Crippen LogP contribution in [0.5, 0.6) is 11.6 Å². The van der Waals surface area contributed by atoms with Gasteiger partial charge in [-0.1, -0.05) is 39.0 Å². The highest BCUT2D eigenvalue weighted by atomic mass is 32.1. The van der Waals surface area contributed by atoms with Gasteiger partial charge >= 0.3 is 6.03 Å². The quantitative estimate of drug-likeness (QED) is 0.576. The van der Waals surface area contributed by atoms with Crippen LogP contribution in [0.15, 0.2) is 48.0 Å². The molecule has 0 aliphatic carbocycles. The Morgan fingerprint density at radius 1 is 1.10 bits per heavy atom. The average molecular weight is 411 g/mol. The van der Waals surface area contributed by atoms with Gasteiger partial charge in [0, 0.05) is 17.1 Å². The Morgan fingerprint density at radius 2 is 1.86 bits per heavy atom.